The number of rotatable bonds is 2. The summed E-state index contributed by atoms with van der Waals surface area (Å²) in [5.74, 6) is 0.0810. The molecule has 5 nitrogen and oxygen atoms in total. The van der Waals surface area contributed by atoms with Crippen LogP contribution in [0.5, 0.6) is 0 Å². The fourth-order valence-corrected chi connectivity index (χ4v) is 1.55. The fourth-order valence-electron chi connectivity index (χ4n) is 1.55. The topological polar surface area (TPSA) is 70.6 Å². The molecule has 0 bridgehead atoms. The highest BCUT2D eigenvalue weighted by molar-refractivity contribution is 5.68. The van der Waals surface area contributed by atoms with Crippen LogP contribution >= 0.6 is 0 Å². The highest BCUT2D eigenvalue weighted by Gasteiger charge is 2.29. The van der Waals surface area contributed by atoms with Crippen molar-refractivity contribution >= 4 is 6.09 Å². The summed E-state index contributed by atoms with van der Waals surface area (Å²) in [6.45, 7) is 6.96. The van der Waals surface area contributed by atoms with Crippen LogP contribution in [0.2, 0.25) is 0 Å². The molecule has 0 spiro atoms. The summed E-state index contributed by atoms with van der Waals surface area (Å²) in [4.78, 5) is 11.4. The van der Waals surface area contributed by atoms with Crippen molar-refractivity contribution in [3.8, 4) is 0 Å². The minimum absolute atomic E-state index is 0.0372. The van der Waals surface area contributed by atoms with Crippen molar-refractivity contribution < 1.29 is 14.6 Å². The average Bonchev–Trinajstić information content (AvgIpc) is 2.48. The van der Waals surface area contributed by atoms with Crippen LogP contribution in [0.3, 0.4) is 0 Å². The summed E-state index contributed by atoms with van der Waals surface area (Å²) in [6.07, 6.45) is -0.422. The molecule has 0 aromatic heterocycles. The predicted octanol–water partition coefficient (Wildman–Crippen LogP) is 0.0914. The van der Waals surface area contributed by atoms with Gasteiger partial charge in [0, 0.05) is 25.6 Å². The maximum atomic E-state index is 11.4. The van der Waals surface area contributed by atoms with Crippen LogP contribution in [0.1, 0.15) is 20.8 Å². The molecule has 0 saturated carbocycles. The maximum absolute atomic E-state index is 11.4. The van der Waals surface area contributed by atoms with Crippen LogP contribution in [-0.4, -0.2) is 42.5 Å². The normalized spacial score (nSPS) is 26.4. The molecule has 0 aromatic rings. The summed E-state index contributed by atoms with van der Waals surface area (Å²) in [6, 6.07) is -0.0372. The number of aliphatic hydroxyl groups excluding tert-OH is 1. The third kappa shape index (κ3) is 4.05. The summed E-state index contributed by atoms with van der Waals surface area (Å²) in [5.41, 5.74) is -0.481. The van der Waals surface area contributed by atoms with Crippen molar-refractivity contribution in [3.05, 3.63) is 0 Å². The van der Waals surface area contributed by atoms with Crippen molar-refractivity contribution in [2.75, 3.05) is 19.7 Å². The molecule has 1 heterocycles. The lowest BCUT2D eigenvalue weighted by Crippen LogP contribution is -2.43. The van der Waals surface area contributed by atoms with E-state index in [-0.39, 0.29) is 18.6 Å². The molecule has 2 atom stereocenters. The Bertz CT molecular complexity index is 225. The molecule has 1 amide bonds. The van der Waals surface area contributed by atoms with Gasteiger partial charge in [-0.15, -0.1) is 0 Å². The predicted molar refractivity (Wildman–Crippen MR) is 56.6 cm³/mol. The zero-order chi connectivity index (χ0) is 11.5. The van der Waals surface area contributed by atoms with Gasteiger partial charge < -0.3 is 20.5 Å². The lowest BCUT2D eigenvalue weighted by molar-refractivity contribution is 0.0488. The molecular weight excluding hydrogens is 196 g/mol. The van der Waals surface area contributed by atoms with E-state index < -0.39 is 11.7 Å². The molecule has 5 heteroatoms. The van der Waals surface area contributed by atoms with Gasteiger partial charge in [0.1, 0.15) is 5.60 Å². The minimum atomic E-state index is -0.481. The van der Waals surface area contributed by atoms with E-state index in [1.165, 1.54) is 0 Å². The first-order valence-electron chi connectivity index (χ1n) is 5.23. The van der Waals surface area contributed by atoms with Gasteiger partial charge >= 0.3 is 6.09 Å². The van der Waals surface area contributed by atoms with Gasteiger partial charge in [-0.3, -0.25) is 0 Å². The second-order valence-corrected chi connectivity index (χ2v) is 4.85. The zero-order valence-corrected chi connectivity index (χ0v) is 9.54. The largest absolute Gasteiger partial charge is 0.444 e. The van der Waals surface area contributed by atoms with Gasteiger partial charge in [0.05, 0.1) is 6.04 Å². The molecule has 1 fully saturated rings. The number of nitrogens with one attached hydrogen (secondary N) is 2. The molecule has 0 radical (unpaired) electrons. The number of carbonyl (C=O) groups excluding carboxylic acids is 1. The summed E-state index contributed by atoms with van der Waals surface area (Å²) >= 11 is 0. The Kier molecular flexibility index (Phi) is 3.93. The van der Waals surface area contributed by atoms with E-state index in [0.29, 0.717) is 6.54 Å². The Balaban J connectivity index is 2.37. The SMILES string of the molecule is CC(C)(C)OC(=O)N[C@H]1CNC[C@@H]1CO. The number of aliphatic hydroxyl groups is 1. The van der Waals surface area contributed by atoms with Gasteiger partial charge in [0.15, 0.2) is 0 Å². The first-order valence-corrected chi connectivity index (χ1v) is 5.23. The van der Waals surface area contributed by atoms with E-state index in [4.69, 9.17) is 9.84 Å². The Labute approximate surface area is 90.2 Å². The van der Waals surface area contributed by atoms with E-state index >= 15 is 0 Å². The number of carbonyl (C=O) groups is 1. The third-order valence-electron chi connectivity index (χ3n) is 2.28. The van der Waals surface area contributed by atoms with Crippen LogP contribution in [0.15, 0.2) is 0 Å². The first kappa shape index (κ1) is 12.3. The van der Waals surface area contributed by atoms with Crippen molar-refractivity contribution in [2.45, 2.75) is 32.4 Å². The van der Waals surface area contributed by atoms with Crippen LogP contribution in [0.25, 0.3) is 0 Å². The van der Waals surface area contributed by atoms with E-state index in [9.17, 15) is 4.79 Å². The number of ether oxygens (including phenoxy) is 1. The van der Waals surface area contributed by atoms with Gasteiger partial charge in [0.2, 0.25) is 0 Å². The smallest absolute Gasteiger partial charge is 0.407 e. The highest BCUT2D eigenvalue weighted by Crippen LogP contribution is 2.10. The second kappa shape index (κ2) is 4.81. The average molecular weight is 216 g/mol. The molecule has 0 aliphatic carbocycles. The fraction of sp³-hybridized carbons (Fsp3) is 0.900. The Morgan fingerprint density at radius 3 is 2.73 bits per heavy atom. The molecule has 0 unspecified atom stereocenters. The summed E-state index contributed by atoms with van der Waals surface area (Å²) in [7, 11) is 0. The molecule has 3 N–H and O–H groups in total. The third-order valence-corrected chi connectivity index (χ3v) is 2.28. The second-order valence-electron chi connectivity index (χ2n) is 4.85. The number of alkyl carbamates (subject to hydrolysis) is 1. The lowest BCUT2D eigenvalue weighted by atomic mass is 10.1. The van der Waals surface area contributed by atoms with Gasteiger partial charge in [0.25, 0.3) is 0 Å². The monoisotopic (exact) mass is 216 g/mol. The zero-order valence-electron chi connectivity index (χ0n) is 9.54. The molecule has 1 rings (SSSR count). The van der Waals surface area contributed by atoms with E-state index in [0.717, 1.165) is 6.54 Å². The number of hydrogen-bond acceptors (Lipinski definition) is 4. The molecule has 1 aliphatic rings. The van der Waals surface area contributed by atoms with Crippen LogP contribution in [0, 0.1) is 5.92 Å². The highest BCUT2D eigenvalue weighted by atomic mass is 16.6. The number of hydrogen-bond donors (Lipinski definition) is 3. The molecule has 0 aromatic carbocycles. The van der Waals surface area contributed by atoms with E-state index in [1.807, 2.05) is 20.8 Å². The van der Waals surface area contributed by atoms with E-state index in [1.54, 1.807) is 0 Å². The van der Waals surface area contributed by atoms with Crippen molar-refractivity contribution in [1.82, 2.24) is 10.6 Å². The van der Waals surface area contributed by atoms with Crippen LogP contribution < -0.4 is 10.6 Å². The molecule has 88 valence electrons. The van der Waals surface area contributed by atoms with Gasteiger partial charge in [-0.25, -0.2) is 4.79 Å². The molecular formula is C10H20N2O3. The molecule has 15 heavy (non-hydrogen) atoms. The van der Waals surface area contributed by atoms with Gasteiger partial charge in [-0.05, 0) is 20.8 Å². The number of amides is 1. The van der Waals surface area contributed by atoms with Gasteiger partial charge in [-0.1, -0.05) is 0 Å². The Morgan fingerprint density at radius 2 is 2.20 bits per heavy atom. The standard InChI is InChI=1S/C10H20N2O3/c1-10(2,3)15-9(14)12-8-5-11-4-7(8)6-13/h7-8,11,13H,4-6H2,1-3H3,(H,12,14)/t7-,8+/m1/s1. The lowest BCUT2D eigenvalue weighted by Gasteiger charge is -2.23. The first-order chi connectivity index (χ1) is 6.92. The maximum Gasteiger partial charge on any atom is 0.407 e. The summed E-state index contributed by atoms with van der Waals surface area (Å²) in [5, 5.41) is 14.9. The molecule has 1 aliphatic heterocycles. The van der Waals surface area contributed by atoms with Crippen molar-refractivity contribution in [2.24, 2.45) is 5.92 Å². The van der Waals surface area contributed by atoms with Gasteiger partial charge in [-0.2, -0.15) is 0 Å². The molecule has 1 saturated heterocycles. The Morgan fingerprint density at radius 1 is 1.53 bits per heavy atom. The Hall–Kier alpha value is -0.810. The van der Waals surface area contributed by atoms with Crippen molar-refractivity contribution in [3.63, 3.8) is 0 Å². The van der Waals surface area contributed by atoms with E-state index in [2.05, 4.69) is 10.6 Å². The van der Waals surface area contributed by atoms with Crippen LogP contribution in [-0.2, 0) is 4.74 Å². The van der Waals surface area contributed by atoms with Crippen molar-refractivity contribution in [1.29, 1.82) is 0 Å². The minimum Gasteiger partial charge on any atom is -0.444 e. The summed E-state index contributed by atoms with van der Waals surface area (Å²) < 4.78 is 5.13. The van der Waals surface area contributed by atoms with Crippen LogP contribution in [0.4, 0.5) is 4.79 Å². The quantitative estimate of drug-likeness (QED) is 0.612.